The summed E-state index contributed by atoms with van der Waals surface area (Å²) in [5.41, 5.74) is 0.366. The smallest absolute Gasteiger partial charge is 0.367 e. The molecule has 0 bridgehead atoms. The number of pyridine rings is 1. The molecule has 1 saturated heterocycles. The summed E-state index contributed by atoms with van der Waals surface area (Å²) in [6.45, 7) is -0.654. The van der Waals surface area contributed by atoms with Crippen LogP contribution in [0.5, 0.6) is 0 Å². The number of nitrogens with zero attached hydrogens (tertiary/aromatic N) is 3. The Bertz CT molecular complexity index is 719. The van der Waals surface area contributed by atoms with Crippen molar-refractivity contribution in [1.82, 2.24) is 20.5 Å². The van der Waals surface area contributed by atoms with Crippen LogP contribution in [0.15, 0.2) is 18.3 Å². The molecule has 1 aliphatic heterocycles. The molecule has 146 valence electrons. The van der Waals surface area contributed by atoms with Gasteiger partial charge in [-0.05, 0) is 25.0 Å². The summed E-state index contributed by atoms with van der Waals surface area (Å²) < 4.78 is 36.7. The summed E-state index contributed by atoms with van der Waals surface area (Å²) in [5, 5.41) is 16.3. The van der Waals surface area contributed by atoms with E-state index < -0.39 is 30.7 Å². The van der Waals surface area contributed by atoms with Gasteiger partial charge in [0.15, 0.2) is 0 Å². The van der Waals surface area contributed by atoms with Crippen molar-refractivity contribution in [2.45, 2.75) is 25.1 Å². The Morgan fingerprint density at radius 2 is 2.11 bits per heavy atom. The van der Waals surface area contributed by atoms with E-state index in [-0.39, 0.29) is 13.1 Å². The van der Waals surface area contributed by atoms with Crippen LogP contribution in [0.2, 0.25) is 0 Å². The van der Waals surface area contributed by atoms with Crippen molar-refractivity contribution >= 4 is 17.8 Å². The van der Waals surface area contributed by atoms with Crippen LogP contribution in [0.25, 0.3) is 0 Å². The van der Waals surface area contributed by atoms with Crippen molar-refractivity contribution in [3.8, 4) is 6.07 Å². The average molecular weight is 384 g/mol. The van der Waals surface area contributed by atoms with Gasteiger partial charge in [-0.3, -0.25) is 4.79 Å². The largest absolute Gasteiger partial charge is 0.405 e. The van der Waals surface area contributed by atoms with Crippen molar-refractivity contribution in [3.05, 3.63) is 23.9 Å². The second-order valence-corrected chi connectivity index (χ2v) is 5.85. The molecule has 0 saturated carbocycles. The van der Waals surface area contributed by atoms with Crippen LogP contribution >= 0.6 is 0 Å². The highest BCUT2D eigenvalue weighted by Crippen LogP contribution is 2.18. The van der Waals surface area contributed by atoms with E-state index in [1.54, 1.807) is 12.1 Å². The molecule has 3 amide bonds. The highest BCUT2D eigenvalue weighted by molar-refractivity contribution is 5.87. The summed E-state index contributed by atoms with van der Waals surface area (Å²) in [6.07, 6.45) is -2.12. The molecule has 0 spiro atoms. The molecule has 27 heavy (non-hydrogen) atoms. The Morgan fingerprint density at radius 3 is 2.81 bits per heavy atom. The Balaban J connectivity index is 1.79. The van der Waals surface area contributed by atoms with Gasteiger partial charge in [-0.1, -0.05) is 0 Å². The topological polar surface area (TPSA) is 110 Å². The first kappa shape index (κ1) is 20.3. The summed E-state index contributed by atoms with van der Waals surface area (Å²) in [5.74, 6) is -0.426. The summed E-state index contributed by atoms with van der Waals surface area (Å²) in [4.78, 5) is 29.4. The number of hydrogen-bond acceptors (Lipinski definition) is 5. The van der Waals surface area contributed by atoms with Gasteiger partial charge in [-0.15, -0.1) is 0 Å². The molecule has 0 radical (unpaired) electrons. The third kappa shape index (κ3) is 6.02. The van der Waals surface area contributed by atoms with Crippen molar-refractivity contribution < 1.29 is 22.8 Å². The number of hydrogen-bond donors (Lipinski definition) is 3. The van der Waals surface area contributed by atoms with Gasteiger partial charge in [0, 0.05) is 25.8 Å². The molecule has 2 heterocycles. The Morgan fingerprint density at radius 1 is 1.33 bits per heavy atom. The lowest BCUT2D eigenvalue weighted by atomic mass is 10.2. The van der Waals surface area contributed by atoms with Gasteiger partial charge in [0.2, 0.25) is 5.91 Å². The van der Waals surface area contributed by atoms with Gasteiger partial charge in [0.1, 0.15) is 24.5 Å². The van der Waals surface area contributed by atoms with E-state index in [0.717, 1.165) is 0 Å². The molecule has 1 aliphatic rings. The molecule has 1 fully saturated rings. The number of amides is 3. The Hall–Kier alpha value is -3.03. The molecular weight excluding hydrogens is 365 g/mol. The first-order valence-corrected chi connectivity index (χ1v) is 8.30. The maximum Gasteiger partial charge on any atom is 0.405 e. The lowest BCUT2D eigenvalue weighted by Gasteiger charge is -2.24. The third-order valence-corrected chi connectivity index (χ3v) is 3.90. The fourth-order valence-electron chi connectivity index (χ4n) is 2.68. The minimum Gasteiger partial charge on any atom is -0.367 e. The van der Waals surface area contributed by atoms with E-state index in [1.807, 2.05) is 11.4 Å². The number of nitrogens with one attached hydrogen (secondary N) is 3. The van der Waals surface area contributed by atoms with Crippen LogP contribution in [0.1, 0.15) is 18.4 Å². The van der Waals surface area contributed by atoms with E-state index in [0.29, 0.717) is 30.8 Å². The van der Waals surface area contributed by atoms with E-state index in [2.05, 4.69) is 15.6 Å². The van der Waals surface area contributed by atoms with Crippen molar-refractivity contribution in [2.24, 2.45) is 0 Å². The molecule has 1 atom stereocenters. The Kier molecular flexibility index (Phi) is 6.81. The molecule has 8 nitrogen and oxygen atoms in total. The predicted molar refractivity (Wildman–Crippen MR) is 89.6 cm³/mol. The van der Waals surface area contributed by atoms with Gasteiger partial charge in [-0.2, -0.15) is 18.4 Å². The summed E-state index contributed by atoms with van der Waals surface area (Å²) >= 11 is 0. The Labute approximate surface area is 153 Å². The van der Waals surface area contributed by atoms with Gasteiger partial charge in [-0.25, -0.2) is 9.78 Å². The van der Waals surface area contributed by atoms with Gasteiger partial charge >= 0.3 is 12.2 Å². The SMILES string of the molecule is N#Cc1cccnc1NCCNC(=O)N1CCCC1C(=O)NCC(F)(F)F. The first-order valence-electron chi connectivity index (χ1n) is 8.30. The van der Waals surface area contributed by atoms with Crippen LogP contribution in [-0.4, -0.2) is 60.2 Å². The van der Waals surface area contributed by atoms with E-state index in [1.165, 1.54) is 11.1 Å². The van der Waals surface area contributed by atoms with E-state index >= 15 is 0 Å². The highest BCUT2D eigenvalue weighted by atomic mass is 19.4. The minimum absolute atomic E-state index is 0.188. The summed E-state index contributed by atoms with van der Waals surface area (Å²) in [6, 6.07) is 3.77. The molecule has 1 unspecified atom stereocenters. The second kappa shape index (κ2) is 9.07. The fourth-order valence-corrected chi connectivity index (χ4v) is 2.68. The number of nitriles is 1. The van der Waals surface area contributed by atoms with Gasteiger partial charge < -0.3 is 20.9 Å². The zero-order valence-corrected chi connectivity index (χ0v) is 14.3. The average Bonchev–Trinajstić information content (AvgIpc) is 3.12. The first-order chi connectivity index (χ1) is 12.8. The van der Waals surface area contributed by atoms with E-state index in [9.17, 15) is 22.8 Å². The number of halogens is 3. The lowest BCUT2D eigenvalue weighted by molar-refractivity contribution is -0.140. The number of likely N-dealkylation sites (tertiary alicyclic amines) is 1. The van der Waals surface area contributed by atoms with Gasteiger partial charge in [0.05, 0.1) is 5.56 Å². The normalized spacial score (nSPS) is 16.5. The van der Waals surface area contributed by atoms with Crippen LogP contribution in [-0.2, 0) is 4.79 Å². The van der Waals surface area contributed by atoms with Crippen LogP contribution in [0.3, 0.4) is 0 Å². The quantitative estimate of drug-likeness (QED) is 0.639. The summed E-state index contributed by atoms with van der Waals surface area (Å²) in [7, 11) is 0. The molecule has 11 heteroatoms. The number of urea groups is 1. The van der Waals surface area contributed by atoms with Crippen molar-refractivity contribution in [1.29, 1.82) is 5.26 Å². The maximum absolute atomic E-state index is 12.2. The fraction of sp³-hybridized carbons (Fsp3) is 0.500. The standard InChI is InChI=1S/C16H19F3N6O2/c17-16(18,19)10-24-14(26)12-4-2-8-25(12)15(27)23-7-6-22-13-11(9-20)3-1-5-21-13/h1,3,5,12H,2,4,6-8,10H2,(H,21,22)(H,23,27)(H,24,26). The number of anilines is 1. The molecular formula is C16H19F3N6O2. The number of carbonyl (C=O) groups excluding carboxylic acids is 2. The molecule has 0 aromatic carbocycles. The minimum atomic E-state index is -4.50. The second-order valence-electron chi connectivity index (χ2n) is 5.85. The number of carbonyl (C=O) groups is 2. The van der Waals surface area contributed by atoms with E-state index in [4.69, 9.17) is 5.26 Å². The number of rotatable bonds is 6. The molecule has 1 aromatic heterocycles. The molecule has 0 aliphatic carbocycles. The predicted octanol–water partition coefficient (Wildman–Crippen LogP) is 1.22. The number of aromatic nitrogens is 1. The van der Waals surface area contributed by atoms with Crippen LogP contribution in [0, 0.1) is 11.3 Å². The van der Waals surface area contributed by atoms with Gasteiger partial charge in [0.25, 0.3) is 0 Å². The maximum atomic E-state index is 12.2. The number of alkyl halides is 3. The monoisotopic (exact) mass is 384 g/mol. The highest BCUT2D eigenvalue weighted by Gasteiger charge is 2.36. The lowest BCUT2D eigenvalue weighted by Crippen LogP contribution is -2.51. The molecule has 1 aromatic rings. The zero-order valence-electron chi connectivity index (χ0n) is 14.3. The van der Waals surface area contributed by atoms with Crippen molar-refractivity contribution in [3.63, 3.8) is 0 Å². The van der Waals surface area contributed by atoms with Crippen molar-refractivity contribution in [2.75, 3.05) is 31.5 Å². The molecule has 2 rings (SSSR count). The van der Waals surface area contributed by atoms with Crippen LogP contribution < -0.4 is 16.0 Å². The van der Waals surface area contributed by atoms with Crippen LogP contribution in [0.4, 0.5) is 23.8 Å². The zero-order chi connectivity index (χ0) is 19.9. The third-order valence-electron chi connectivity index (χ3n) is 3.90. The molecule has 3 N–H and O–H groups in total.